The lowest BCUT2D eigenvalue weighted by molar-refractivity contribution is -0.150. The number of carbonyl (C=O) groups is 3. The maximum atomic E-state index is 11.9. The number of benzene rings is 1. The fourth-order valence-electron chi connectivity index (χ4n) is 2.15. The molecule has 0 saturated carbocycles. The predicted octanol–water partition coefficient (Wildman–Crippen LogP) is 1.25. The predicted molar refractivity (Wildman–Crippen MR) is 75.7 cm³/mol. The molecule has 114 valence electrons. The second kappa shape index (κ2) is 7.42. The third-order valence-electron chi connectivity index (χ3n) is 3.06. The van der Waals surface area contributed by atoms with Gasteiger partial charge in [0.2, 0.25) is 5.91 Å². The molecule has 0 unspecified atom stereocenters. The van der Waals surface area contributed by atoms with Gasteiger partial charge in [0.05, 0.1) is 20.3 Å². The first kappa shape index (κ1) is 16.7. The number of amides is 1. The number of esters is 1. The summed E-state index contributed by atoms with van der Waals surface area (Å²) >= 11 is 0. The van der Waals surface area contributed by atoms with Crippen LogP contribution in [-0.4, -0.2) is 31.9 Å². The third kappa shape index (κ3) is 4.05. The fourth-order valence-corrected chi connectivity index (χ4v) is 2.15. The van der Waals surface area contributed by atoms with Crippen LogP contribution in [0.5, 0.6) is 5.75 Å². The van der Waals surface area contributed by atoms with Crippen molar-refractivity contribution in [1.82, 2.24) is 5.32 Å². The Hall–Kier alpha value is -2.37. The smallest absolute Gasteiger partial charge is 0.318 e. The van der Waals surface area contributed by atoms with E-state index in [1.165, 1.54) is 28.1 Å². The SMILES string of the molecule is COC(=O)[C@@H](C(C)=O)[C@@H](NC(C)=O)c1ccccc1OC. The Bertz CT molecular complexity index is 541. The molecule has 6 nitrogen and oxygen atoms in total. The van der Waals surface area contributed by atoms with Crippen molar-refractivity contribution in [3.63, 3.8) is 0 Å². The van der Waals surface area contributed by atoms with E-state index in [0.29, 0.717) is 11.3 Å². The van der Waals surface area contributed by atoms with Crippen molar-refractivity contribution in [2.24, 2.45) is 5.92 Å². The van der Waals surface area contributed by atoms with Crippen LogP contribution in [0, 0.1) is 5.92 Å². The zero-order valence-electron chi connectivity index (χ0n) is 12.5. The first-order chi connectivity index (χ1) is 9.92. The zero-order valence-corrected chi connectivity index (χ0v) is 12.5. The molecule has 1 aromatic carbocycles. The van der Waals surface area contributed by atoms with Gasteiger partial charge in [-0.25, -0.2) is 0 Å². The lowest BCUT2D eigenvalue weighted by Gasteiger charge is -2.25. The molecule has 0 spiro atoms. The quantitative estimate of drug-likeness (QED) is 0.630. The second-order valence-corrected chi connectivity index (χ2v) is 4.53. The molecule has 0 saturated heterocycles. The largest absolute Gasteiger partial charge is 0.496 e. The van der Waals surface area contributed by atoms with Gasteiger partial charge in [0.15, 0.2) is 0 Å². The number of methoxy groups -OCH3 is 2. The molecule has 0 radical (unpaired) electrons. The highest BCUT2D eigenvalue weighted by molar-refractivity contribution is 5.99. The van der Waals surface area contributed by atoms with E-state index in [4.69, 9.17) is 4.74 Å². The first-order valence-electron chi connectivity index (χ1n) is 6.40. The summed E-state index contributed by atoms with van der Waals surface area (Å²) in [5.41, 5.74) is 0.542. The highest BCUT2D eigenvalue weighted by Gasteiger charge is 2.36. The maximum Gasteiger partial charge on any atom is 0.318 e. The lowest BCUT2D eigenvalue weighted by atomic mass is 9.89. The van der Waals surface area contributed by atoms with Gasteiger partial charge in [-0.2, -0.15) is 0 Å². The summed E-state index contributed by atoms with van der Waals surface area (Å²) < 4.78 is 9.92. The van der Waals surface area contributed by atoms with Crippen LogP contribution >= 0.6 is 0 Å². The number of carbonyl (C=O) groups excluding carboxylic acids is 3. The first-order valence-corrected chi connectivity index (χ1v) is 6.40. The Labute approximate surface area is 123 Å². The van der Waals surface area contributed by atoms with Crippen molar-refractivity contribution in [2.45, 2.75) is 19.9 Å². The molecule has 1 aromatic rings. The van der Waals surface area contributed by atoms with Gasteiger partial charge < -0.3 is 14.8 Å². The average molecular weight is 293 g/mol. The Morgan fingerprint density at radius 1 is 1.10 bits per heavy atom. The van der Waals surface area contributed by atoms with Crippen LogP contribution in [-0.2, 0) is 19.1 Å². The van der Waals surface area contributed by atoms with Crippen LogP contribution in [0.15, 0.2) is 24.3 Å². The van der Waals surface area contributed by atoms with Crippen molar-refractivity contribution < 1.29 is 23.9 Å². The molecule has 0 aromatic heterocycles. The molecule has 0 fully saturated rings. The molecular weight excluding hydrogens is 274 g/mol. The number of hydrogen-bond donors (Lipinski definition) is 1. The standard InChI is InChI=1S/C15H19NO5/c1-9(17)13(15(19)21-4)14(16-10(2)18)11-7-5-6-8-12(11)20-3/h5-8,13-14H,1-4H3,(H,16,18)/t13-,14-/m0/s1. The number of ketones is 1. The van der Waals surface area contributed by atoms with E-state index >= 15 is 0 Å². The molecule has 21 heavy (non-hydrogen) atoms. The van der Waals surface area contributed by atoms with E-state index in [-0.39, 0.29) is 5.91 Å². The van der Waals surface area contributed by atoms with E-state index in [1.54, 1.807) is 24.3 Å². The maximum absolute atomic E-state index is 11.9. The summed E-state index contributed by atoms with van der Waals surface area (Å²) in [5, 5.41) is 2.63. The van der Waals surface area contributed by atoms with Crippen LogP contribution < -0.4 is 10.1 Å². The number of ether oxygens (including phenoxy) is 2. The van der Waals surface area contributed by atoms with Gasteiger partial charge in [0.1, 0.15) is 17.5 Å². The second-order valence-electron chi connectivity index (χ2n) is 4.53. The number of hydrogen-bond acceptors (Lipinski definition) is 5. The normalized spacial score (nSPS) is 13.0. The molecule has 0 heterocycles. The average Bonchev–Trinajstić information content (AvgIpc) is 2.45. The minimum atomic E-state index is -1.13. The van der Waals surface area contributed by atoms with Crippen LogP contribution in [0.3, 0.4) is 0 Å². The molecule has 1 N–H and O–H groups in total. The van der Waals surface area contributed by atoms with Crippen molar-refractivity contribution in [2.75, 3.05) is 14.2 Å². The summed E-state index contributed by atoms with van der Waals surface area (Å²) in [7, 11) is 2.68. The van der Waals surface area contributed by atoms with E-state index in [9.17, 15) is 14.4 Å². The minimum Gasteiger partial charge on any atom is -0.496 e. The van der Waals surface area contributed by atoms with Crippen molar-refractivity contribution in [3.05, 3.63) is 29.8 Å². The number of nitrogens with one attached hydrogen (secondary N) is 1. The van der Waals surface area contributed by atoms with Crippen LogP contribution in [0.1, 0.15) is 25.5 Å². The Balaban J connectivity index is 3.35. The third-order valence-corrected chi connectivity index (χ3v) is 3.06. The summed E-state index contributed by atoms with van der Waals surface area (Å²) in [6, 6.07) is 6.04. The molecular formula is C15H19NO5. The zero-order chi connectivity index (χ0) is 16.0. The van der Waals surface area contributed by atoms with E-state index in [0.717, 1.165) is 0 Å². The molecule has 1 rings (SSSR count). The van der Waals surface area contributed by atoms with Gasteiger partial charge in [-0.05, 0) is 13.0 Å². The molecule has 0 bridgehead atoms. The molecule has 6 heteroatoms. The van der Waals surface area contributed by atoms with Gasteiger partial charge in [-0.15, -0.1) is 0 Å². The monoisotopic (exact) mass is 293 g/mol. The summed E-state index contributed by atoms with van der Waals surface area (Å²) in [6.45, 7) is 2.60. The number of Topliss-reactive ketones (excluding diaryl/α,β-unsaturated/α-hetero) is 1. The van der Waals surface area contributed by atoms with Gasteiger partial charge in [0.25, 0.3) is 0 Å². The fraction of sp³-hybridized carbons (Fsp3) is 0.400. The van der Waals surface area contributed by atoms with Crippen molar-refractivity contribution >= 4 is 17.7 Å². The minimum absolute atomic E-state index is 0.360. The highest BCUT2D eigenvalue weighted by Crippen LogP contribution is 2.31. The molecule has 0 aliphatic heterocycles. The van der Waals surface area contributed by atoms with Crippen molar-refractivity contribution in [1.29, 1.82) is 0 Å². The Kier molecular flexibility index (Phi) is 5.90. The molecule has 2 atom stereocenters. The number of para-hydroxylation sites is 1. The van der Waals surface area contributed by atoms with Gasteiger partial charge in [-0.1, -0.05) is 18.2 Å². The van der Waals surface area contributed by atoms with Crippen LogP contribution in [0.25, 0.3) is 0 Å². The van der Waals surface area contributed by atoms with Crippen LogP contribution in [0.4, 0.5) is 0 Å². The summed E-state index contributed by atoms with van der Waals surface area (Å²) in [5.74, 6) is -2.11. The summed E-state index contributed by atoms with van der Waals surface area (Å²) in [4.78, 5) is 35.2. The van der Waals surface area contributed by atoms with Gasteiger partial charge in [-0.3, -0.25) is 14.4 Å². The Morgan fingerprint density at radius 2 is 1.71 bits per heavy atom. The van der Waals surface area contributed by atoms with E-state index in [2.05, 4.69) is 10.1 Å². The van der Waals surface area contributed by atoms with Crippen LogP contribution in [0.2, 0.25) is 0 Å². The molecule has 0 aliphatic rings. The van der Waals surface area contributed by atoms with E-state index in [1.807, 2.05) is 0 Å². The number of rotatable bonds is 6. The lowest BCUT2D eigenvalue weighted by Crippen LogP contribution is -2.39. The molecule has 0 aliphatic carbocycles. The topological polar surface area (TPSA) is 81.7 Å². The molecule has 1 amide bonds. The van der Waals surface area contributed by atoms with Gasteiger partial charge in [0, 0.05) is 12.5 Å². The van der Waals surface area contributed by atoms with Gasteiger partial charge >= 0.3 is 5.97 Å². The summed E-state index contributed by atoms with van der Waals surface area (Å²) in [6.07, 6.45) is 0. The van der Waals surface area contributed by atoms with Crippen molar-refractivity contribution in [3.8, 4) is 5.75 Å². The Morgan fingerprint density at radius 3 is 2.19 bits per heavy atom. The highest BCUT2D eigenvalue weighted by atomic mass is 16.5. The van der Waals surface area contributed by atoms with E-state index < -0.39 is 23.7 Å².